The molecule has 0 spiro atoms. The lowest BCUT2D eigenvalue weighted by Crippen LogP contribution is -2.15. The van der Waals surface area contributed by atoms with Gasteiger partial charge in [-0.25, -0.2) is 8.78 Å². The molecule has 104 valence electrons. The van der Waals surface area contributed by atoms with E-state index in [4.69, 9.17) is 0 Å². The quantitative estimate of drug-likeness (QED) is 0.745. The molecule has 0 heterocycles. The van der Waals surface area contributed by atoms with Crippen molar-refractivity contribution in [3.05, 3.63) is 62.0 Å². The van der Waals surface area contributed by atoms with Crippen molar-refractivity contribution in [1.82, 2.24) is 0 Å². The van der Waals surface area contributed by atoms with Crippen molar-refractivity contribution in [2.45, 2.75) is 6.92 Å². The highest BCUT2D eigenvalue weighted by atomic mass is 79.9. The highest BCUT2D eigenvalue weighted by Gasteiger charge is 2.16. The normalized spacial score (nSPS) is 10.4. The van der Waals surface area contributed by atoms with E-state index in [1.54, 1.807) is 25.1 Å². The summed E-state index contributed by atoms with van der Waals surface area (Å²) in [5.74, 6) is -2.01. The predicted molar refractivity (Wildman–Crippen MR) is 80.9 cm³/mol. The molecule has 2 rings (SSSR count). The van der Waals surface area contributed by atoms with Crippen LogP contribution in [0.1, 0.15) is 15.9 Å². The summed E-state index contributed by atoms with van der Waals surface area (Å²) in [5, 5.41) is 2.44. The molecule has 0 aromatic heterocycles. The number of carbonyl (C=O) groups excluding carboxylic acids is 1. The van der Waals surface area contributed by atoms with E-state index in [0.29, 0.717) is 11.6 Å². The van der Waals surface area contributed by atoms with Crippen LogP contribution in [0.5, 0.6) is 0 Å². The van der Waals surface area contributed by atoms with Crippen LogP contribution in [0.3, 0.4) is 0 Å². The molecule has 1 N–H and O–H groups in total. The third-order valence-electron chi connectivity index (χ3n) is 2.76. The van der Waals surface area contributed by atoms with Gasteiger partial charge in [0, 0.05) is 20.6 Å². The molecule has 0 unspecified atom stereocenters. The van der Waals surface area contributed by atoms with Crippen LogP contribution in [-0.2, 0) is 0 Å². The van der Waals surface area contributed by atoms with E-state index in [1.165, 1.54) is 0 Å². The van der Waals surface area contributed by atoms with Crippen molar-refractivity contribution in [1.29, 1.82) is 0 Å². The van der Waals surface area contributed by atoms with E-state index in [0.717, 1.165) is 16.1 Å². The van der Waals surface area contributed by atoms with E-state index in [1.807, 2.05) is 0 Å². The second-order valence-electron chi connectivity index (χ2n) is 4.11. The summed E-state index contributed by atoms with van der Waals surface area (Å²) in [7, 11) is 0. The molecule has 0 saturated carbocycles. The highest BCUT2D eigenvalue weighted by Crippen LogP contribution is 2.28. The number of rotatable bonds is 2. The summed E-state index contributed by atoms with van der Waals surface area (Å²) in [6.45, 7) is 1.77. The zero-order chi connectivity index (χ0) is 14.9. The Morgan fingerprint density at radius 2 is 1.85 bits per heavy atom. The molecule has 0 aliphatic carbocycles. The second-order valence-corrected chi connectivity index (χ2v) is 5.82. The van der Waals surface area contributed by atoms with Gasteiger partial charge in [0.2, 0.25) is 0 Å². The Morgan fingerprint density at radius 1 is 1.15 bits per heavy atom. The Kier molecular flexibility index (Phi) is 4.55. The molecular formula is C14H9Br2F2NO. The van der Waals surface area contributed by atoms with Crippen molar-refractivity contribution in [3.63, 3.8) is 0 Å². The van der Waals surface area contributed by atoms with E-state index in [-0.39, 0.29) is 10.2 Å². The molecule has 0 atom stereocenters. The lowest BCUT2D eigenvalue weighted by molar-refractivity contribution is 0.102. The van der Waals surface area contributed by atoms with Crippen LogP contribution in [0.15, 0.2) is 39.3 Å². The number of halogens is 4. The molecule has 2 aromatic carbocycles. The summed E-state index contributed by atoms with van der Waals surface area (Å²) in [5.41, 5.74) is 1.06. The Hall–Kier alpha value is -1.27. The van der Waals surface area contributed by atoms with Crippen LogP contribution < -0.4 is 5.32 Å². The molecule has 0 saturated heterocycles. The van der Waals surface area contributed by atoms with E-state index in [2.05, 4.69) is 37.2 Å². The van der Waals surface area contributed by atoms with Crippen LogP contribution in [0.25, 0.3) is 0 Å². The van der Waals surface area contributed by atoms with Crippen LogP contribution in [0.2, 0.25) is 0 Å². The van der Waals surface area contributed by atoms with Crippen molar-refractivity contribution in [2.75, 3.05) is 5.32 Å². The average molecular weight is 405 g/mol. The number of nitrogens with one attached hydrogen (secondary N) is 1. The predicted octanol–water partition coefficient (Wildman–Crippen LogP) is 5.05. The van der Waals surface area contributed by atoms with Gasteiger partial charge >= 0.3 is 0 Å². The molecule has 0 fully saturated rings. The van der Waals surface area contributed by atoms with Gasteiger partial charge in [0.25, 0.3) is 5.91 Å². The first-order valence-corrected chi connectivity index (χ1v) is 7.19. The number of benzene rings is 2. The first-order chi connectivity index (χ1) is 9.40. The maximum atomic E-state index is 13.7. The summed E-state index contributed by atoms with van der Waals surface area (Å²) < 4.78 is 27.6. The fourth-order valence-corrected chi connectivity index (χ4v) is 2.57. The molecule has 0 aliphatic heterocycles. The highest BCUT2D eigenvalue weighted by molar-refractivity contribution is 9.10. The lowest BCUT2D eigenvalue weighted by Gasteiger charge is -2.11. The van der Waals surface area contributed by atoms with Gasteiger partial charge in [-0.05, 0) is 46.6 Å². The number of hydrogen-bond acceptors (Lipinski definition) is 1. The summed E-state index contributed by atoms with van der Waals surface area (Å²) in [6, 6.07) is 6.95. The van der Waals surface area contributed by atoms with E-state index < -0.39 is 17.5 Å². The molecule has 0 aliphatic rings. The zero-order valence-corrected chi connectivity index (χ0v) is 13.5. The number of amides is 1. The minimum absolute atomic E-state index is 0.0872. The number of hydrogen-bond donors (Lipinski definition) is 1. The molecule has 2 nitrogen and oxygen atoms in total. The molecule has 20 heavy (non-hydrogen) atoms. The maximum absolute atomic E-state index is 13.7. The second kappa shape index (κ2) is 6.01. The van der Waals surface area contributed by atoms with Gasteiger partial charge in [-0.3, -0.25) is 4.79 Å². The SMILES string of the molecule is Cc1c(Br)cccc1C(=O)Nc1c(F)cc(F)cc1Br. The largest absolute Gasteiger partial charge is 0.319 e. The Labute approximate surface area is 131 Å². The van der Waals surface area contributed by atoms with Gasteiger partial charge in [0.15, 0.2) is 5.82 Å². The van der Waals surface area contributed by atoms with Crippen molar-refractivity contribution < 1.29 is 13.6 Å². The fraction of sp³-hybridized carbons (Fsp3) is 0.0714. The number of anilines is 1. The third kappa shape index (κ3) is 3.07. The van der Waals surface area contributed by atoms with Crippen LogP contribution >= 0.6 is 31.9 Å². The summed E-state index contributed by atoms with van der Waals surface area (Å²) in [6.07, 6.45) is 0. The molecule has 1 amide bonds. The minimum Gasteiger partial charge on any atom is -0.319 e. The van der Waals surface area contributed by atoms with Gasteiger partial charge in [-0.1, -0.05) is 22.0 Å². The smallest absolute Gasteiger partial charge is 0.256 e. The molecule has 6 heteroatoms. The average Bonchev–Trinajstić information content (AvgIpc) is 2.36. The first-order valence-electron chi connectivity index (χ1n) is 5.61. The van der Waals surface area contributed by atoms with Crippen molar-refractivity contribution in [2.24, 2.45) is 0 Å². The number of carbonyl (C=O) groups is 1. The van der Waals surface area contributed by atoms with Crippen LogP contribution in [-0.4, -0.2) is 5.91 Å². The van der Waals surface area contributed by atoms with Gasteiger partial charge in [-0.15, -0.1) is 0 Å². The van der Waals surface area contributed by atoms with Gasteiger partial charge in [-0.2, -0.15) is 0 Å². The van der Waals surface area contributed by atoms with Gasteiger partial charge < -0.3 is 5.32 Å². The molecule has 0 radical (unpaired) electrons. The Bertz CT molecular complexity index is 666. The van der Waals surface area contributed by atoms with Crippen LogP contribution in [0.4, 0.5) is 14.5 Å². The first kappa shape index (κ1) is 15.1. The van der Waals surface area contributed by atoms with E-state index in [9.17, 15) is 13.6 Å². The van der Waals surface area contributed by atoms with Gasteiger partial charge in [0.05, 0.1) is 5.69 Å². The molecule has 2 aromatic rings. The Balaban J connectivity index is 2.36. The Morgan fingerprint density at radius 3 is 2.50 bits per heavy atom. The van der Waals surface area contributed by atoms with Crippen molar-refractivity contribution >= 4 is 43.5 Å². The third-order valence-corrected chi connectivity index (χ3v) is 4.24. The fourth-order valence-electron chi connectivity index (χ4n) is 1.70. The maximum Gasteiger partial charge on any atom is 0.256 e. The lowest BCUT2D eigenvalue weighted by atomic mass is 10.1. The van der Waals surface area contributed by atoms with Crippen molar-refractivity contribution in [3.8, 4) is 0 Å². The summed E-state index contributed by atoms with van der Waals surface area (Å²) >= 11 is 6.35. The van der Waals surface area contributed by atoms with Gasteiger partial charge in [0.1, 0.15) is 5.82 Å². The monoisotopic (exact) mass is 403 g/mol. The summed E-state index contributed by atoms with van der Waals surface area (Å²) in [4.78, 5) is 12.2. The van der Waals surface area contributed by atoms with E-state index >= 15 is 0 Å². The standard InChI is InChI=1S/C14H9Br2F2NO/c1-7-9(3-2-4-10(7)15)14(20)19-13-11(16)5-8(17)6-12(13)18/h2-6H,1H3,(H,19,20). The molecular weight excluding hydrogens is 396 g/mol. The zero-order valence-electron chi connectivity index (χ0n) is 10.3. The minimum atomic E-state index is -0.835. The molecule has 0 bridgehead atoms. The topological polar surface area (TPSA) is 29.1 Å². The van der Waals surface area contributed by atoms with Crippen LogP contribution in [0, 0.1) is 18.6 Å².